The Morgan fingerprint density at radius 3 is 2.48 bits per heavy atom. The molecule has 0 spiro atoms. The molecule has 4 nitrogen and oxygen atoms in total. The lowest BCUT2D eigenvalue weighted by Crippen LogP contribution is -2.33. The quantitative estimate of drug-likeness (QED) is 0.849. The molecule has 0 bridgehead atoms. The molecule has 1 saturated heterocycles. The predicted molar refractivity (Wildman–Crippen MR) is 86.6 cm³/mol. The van der Waals surface area contributed by atoms with E-state index in [1.165, 1.54) is 12.1 Å². The molecule has 1 aliphatic heterocycles. The van der Waals surface area contributed by atoms with Crippen molar-refractivity contribution in [2.24, 2.45) is 0 Å². The molecule has 1 aliphatic rings. The van der Waals surface area contributed by atoms with Crippen molar-refractivity contribution in [3.63, 3.8) is 0 Å². The maximum atomic E-state index is 11.9. The Morgan fingerprint density at radius 2 is 1.86 bits per heavy atom. The highest BCUT2D eigenvalue weighted by Gasteiger charge is 2.15. The summed E-state index contributed by atoms with van der Waals surface area (Å²) < 4.78 is 5.68. The maximum Gasteiger partial charge on any atom is 0.226 e. The van der Waals surface area contributed by atoms with Gasteiger partial charge in [0.25, 0.3) is 0 Å². The lowest BCUT2D eigenvalue weighted by molar-refractivity contribution is -0.117. The first-order valence-electron chi connectivity index (χ1n) is 6.83. The number of piperidine rings is 1. The number of halogens is 3. The second kappa shape index (κ2) is 8.20. The molecule has 21 heavy (non-hydrogen) atoms. The average molecular weight is 352 g/mol. The van der Waals surface area contributed by atoms with Gasteiger partial charge in [0.15, 0.2) is 0 Å². The van der Waals surface area contributed by atoms with Crippen LogP contribution in [0.15, 0.2) is 12.1 Å². The fourth-order valence-corrected chi connectivity index (χ4v) is 3.06. The van der Waals surface area contributed by atoms with E-state index in [4.69, 9.17) is 39.5 Å². The zero-order chi connectivity index (χ0) is 15.2. The Morgan fingerprint density at radius 1 is 1.24 bits per heavy atom. The SMILES string of the molecule is O=C(CCOC1CCNCC1)Nc1c(Cl)cc(Cl)cc1Cl. The molecule has 7 heteroatoms. The van der Waals surface area contributed by atoms with Crippen molar-refractivity contribution in [1.82, 2.24) is 5.32 Å². The van der Waals surface area contributed by atoms with Crippen LogP contribution in [0.3, 0.4) is 0 Å². The van der Waals surface area contributed by atoms with Gasteiger partial charge in [-0.25, -0.2) is 0 Å². The smallest absolute Gasteiger partial charge is 0.226 e. The van der Waals surface area contributed by atoms with Crippen LogP contribution in [0.4, 0.5) is 5.69 Å². The predicted octanol–water partition coefficient (Wildman–Crippen LogP) is 3.74. The molecule has 0 radical (unpaired) electrons. The molecule has 1 amide bonds. The summed E-state index contributed by atoms with van der Waals surface area (Å²) in [4.78, 5) is 11.9. The monoisotopic (exact) mass is 350 g/mol. The third kappa shape index (κ3) is 5.31. The van der Waals surface area contributed by atoms with Gasteiger partial charge in [-0.05, 0) is 38.1 Å². The number of benzene rings is 1. The first kappa shape index (κ1) is 16.8. The van der Waals surface area contributed by atoms with Crippen LogP contribution in [0, 0.1) is 0 Å². The van der Waals surface area contributed by atoms with Gasteiger partial charge in [-0.3, -0.25) is 4.79 Å². The van der Waals surface area contributed by atoms with Crippen LogP contribution < -0.4 is 10.6 Å². The molecule has 0 aliphatic carbocycles. The van der Waals surface area contributed by atoms with E-state index in [1.54, 1.807) is 0 Å². The lowest BCUT2D eigenvalue weighted by atomic mass is 10.1. The van der Waals surface area contributed by atoms with Crippen molar-refractivity contribution >= 4 is 46.4 Å². The average Bonchev–Trinajstić information content (AvgIpc) is 2.44. The van der Waals surface area contributed by atoms with Gasteiger partial charge in [-0.2, -0.15) is 0 Å². The number of nitrogens with one attached hydrogen (secondary N) is 2. The minimum absolute atomic E-state index is 0.185. The number of hydrogen-bond donors (Lipinski definition) is 2. The Hall–Kier alpha value is -0.520. The topological polar surface area (TPSA) is 50.4 Å². The summed E-state index contributed by atoms with van der Waals surface area (Å²) in [6.07, 6.45) is 2.47. The summed E-state index contributed by atoms with van der Waals surface area (Å²) in [7, 11) is 0. The van der Waals surface area contributed by atoms with Gasteiger partial charge in [-0.1, -0.05) is 34.8 Å². The standard InChI is InChI=1S/C14H17Cl3N2O2/c15-9-7-11(16)14(12(17)8-9)19-13(20)3-6-21-10-1-4-18-5-2-10/h7-8,10,18H,1-6H2,(H,19,20). The number of carbonyl (C=O) groups is 1. The van der Waals surface area contributed by atoms with E-state index < -0.39 is 0 Å². The van der Waals surface area contributed by atoms with E-state index in [-0.39, 0.29) is 18.4 Å². The molecule has 0 unspecified atom stereocenters. The van der Waals surface area contributed by atoms with Gasteiger partial charge in [0.05, 0.1) is 34.9 Å². The van der Waals surface area contributed by atoms with Crippen molar-refractivity contribution in [2.75, 3.05) is 25.0 Å². The first-order chi connectivity index (χ1) is 10.1. The Balaban J connectivity index is 1.79. The Kier molecular flexibility index (Phi) is 6.58. The second-order valence-corrected chi connectivity index (χ2v) is 6.11. The molecule has 1 heterocycles. The van der Waals surface area contributed by atoms with Gasteiger partial charge < -0.3 is 15.4 Å². The summed E-state index contributed by atoms with van der Waals surface area (Å²) in [5.41, 5.74) is 0.384. The highest BCUT2D eigenvalue weighted by Crippen LogP contribution is 2.33. The van der Waals surface area contributed by atoms with E-state index >= 15 is 0 Å². The van der Waals surface area contributed by atoms with Crippen LogP contribution in [-0.4, -0.2) is 31.7 Å². The Bertz CT molecular complexity index is 482. The van der Waals surface area contributed by atoms with E-state index in [0.29, 0.717) is 27.4 Å². The molecule has 1 fully saturated rings. The molecule has 2 N–H and O–H groups in total. The van der Waals surface area contributed by atoms with Crippen molar-refractivity contribution in [2.45, 2.75) is 25.4 Å². The normalized spacial score (nSPS) is 16.0. The minimum atomic E-state index is -0.185. The summed E-state index contributed by atoms with van der Waals surface area (Å²) in [6, 6.07) is 3.08. The van der Waals surface area contributed by atoms with Crippen molar-refractivity contribution in [3.05, 3.63) is 27.2 Å². The summed E-state index contributed by atoms with van der Waals surface area (Å²) >= 11 is 17.8. The van der Waals surface area contributed by atoms with E-state index in [1.807, 2.05) is 0 Å². The van der Waals surface area contributed by atoms with Crippen LogP contribution >= 0.6 is 34.8 Å². The van der Waals surface area contributed by atoms with Crippen LogP contribution in [0.25, 0.3) is 0 Å². The fraction of sp³-hybridized carbons (Fsp3) is 0.500. The number of rotatable bonds is 5. The maximum absolute atomic E-state index is 11.9. The Labute approximate surface area is 139 Å². The van der Waals surface area contributed by atoms with Crippen LogP contribution in [0.5, 0.6) is 0 Å². The van der Waals surface area contributed by atoms with Crippen LogP contribution in [0.2, 0.25) is 15.1 Å². The fourth-order valence-electron chi connectivity index (χ4n) is 2.14. The van der Waals surface area contributed by atoms with Crippen LogP contribution in [0.1, 0.15) is 19.3 Å². The molecular formula is C14H17Cl3N2O2. The van der Waals surface area contributed by atoms with Gasteiger partial charge in [-0.15, -0.1) is 0 Å². The highest BCUT2D eigenvalue weighted by molar-refractivity contribution is 6.42. The molecule has 0 aromatic heterocycles. The van der Waals surface area contributed by atoms with Crippen molar-refractivity contribution in [1.29, 1.82) is 0 Å². The minimum Gasteiger partial charge on any atom is -0.378 e. The number of anilines is 1. The summed E-state index contributed by atoms with van der Waals surface area (Å²) in [5.74, 6) is -0.185. The number of amides is 1. The van der Waals surface area contributed by atoms with Crippen molar-refractivity contribution in [3.8, 4) is 0 Å². The highest BCUT2D eigenvalue weighted by atomic mass is 35.5. The van der Waals surface area contributed by atoms with Crippen molar-refractivity contribution < 1.29 is 9.53 Å². The van der Waals surface area contributed by atoms with Gasteiger partial charge in [0.1, 0.15) is 0 Å². The molecule has 0 atom stereocenters. The molecule has 0 saturated carbocycles. The summed E-state index contributed by atoms with van der Waals surface area (Å²) in [5, 5.41) is 7.02. The third-order valence-electron chi connectivity index (χ3n) is 3.24. The second-order valence-electron chi connectivity index (χ2n) is 4.86. The number of carbonyl (C=O) groups excluding carboxylic acids is 1. The van der Waals surface area contributed by atoms with E-state index in [0.717, 1.165) is 25.9 Å². The zero-order valence-electron chi connectivity index (χ0n) is 11.4. The summed E-state index contributed by atoms with van der Waals surface area (Å²) in [6.45, 7) is 2.32. The van der Waals surface area contributed by atoms with E-state index in [2.05, 4.69) is 10.6 Å². The zero-order valence-corrected chi connectivity index (χ0v) is 13.7. The molecule has 1 aromatic rings. The van der Waals surface area contributed by atoms with E-state index in [9.17, 15) is 4.79 Å². The van der Waals surface area contributed by atoms with Gasteiger partial charge in [0.2, 0.25) is 5.91 Å². The van der Waals surface area contributed by atoms with Crippen LogP contribution in [-0.2, 0) is 9.53 Å². The molecular weight excluding hydrogens is 335 g/mol. The number of hydrogen-bond acceptors (Lipinski definition) is 3. The number of ether oxygens (including phenoxy) is 1. The largest absolute Gasteiger partial charge is 0.378 e. The lowest BCUT2D eigenvalue weighted by Gasteiger charge is -2.22. The first-order valence-corrected chi connectivity index (χ1v) is 7.96. The molecule has 1 aromatic carbocycles. The molecule has 2 rings (SSSR count). The third-order valence-corrected chi connectivity index (χ3v) is 4.05. The van der Waals surface area contributed by atoms with Gasteiger partial charge in [0, 0.05) is 5.02 Å². The van der Waals surface area contributed by atoms with Gasteiger partial charge >= 0.3 is 0 Å². The molecule has 116 valence electrons.